The van der Waals surface area contributed by atoms with E-state index in [0.29, 0.717) is 11.6 Å². The van der Waals surface area contributed by atoms with Crippen LogP contribution in [0.2, 0.25) is 0 Å². The molecule has 2 N–H and O–H groups in total. The molecule has 2 aromatic carbocycles. The summed E-state index contributed by atoms with van der Waals surface area (Å²) in [5.41, 5.74) is 2.35. The summed E-state index contributed by atoms with van der Waals surface area (Å²) in [6, 6.07) is 15.4. The number of carbonyl (C=O) groups is 2. The zero-order valence-corrected chi connectivity index (χ0v) is 16.7. The molecule has 0 unspecified atom stereocenters. The molecule has 0 radical (unpaired) electrons. The number of hydrogen-bond acceptors (Lipinski definition) is 4. The van der Waals surface area contributed by atoms with Crippen LogP contribution in [0, 0.1) is 0 Å². The van der Waals surface area contributed by atoms with Gasteiger partial charge in [-0.1, -0.05) is 12.1 Å². The number of benzene rings is 2. The summed E-state index contributed by atoms with van der Waals surface area (Å²) in [4.78, 5) is 27.3. The zero-order chi connectivity index (χ0) is 20.2. The van der Waals surface area contributed by atoms with Crippen LogP contribution in [-0.2, 0) is 0 Å². The molecule has 4 rings (SSSR count). The quantitative estimate of drug-likeness (QED) is 0.792. The second-order valence-electron chi connectivity index (χ2n) is 7.73. The highest BCUT2D eigenvalue weighted by Gasteiger charge is 2.27. The summed E-state index contributed by atoms with van der Waals surface area (Å²) in [5, 5.41) is 6.21. The molecular weight excluding hydrogens is 366 g/mol. The first-order valence-electron chi connectivity index (χ1n) is 10.2. The number of piperidine rings is 1. The normalized spacial score (nSPS) is 16.9. The largest absolute Gasteiger partial charge is 0.497 e. The molecular formula is C23H27N3O3. The van der Waals surface area contributed by atoms with Crippen LogP contribution < -0.4 is 20.3 Å². The number of methoxy groups -OCH3 is 1. The first-order chi connectivity index (χ1) is 14.1. The van der Waals surface area contributed by atoms with Crippen molar-refractivity contribution < 1.29 is 14.3 Å². The summed E-state index contributed by atoms with van der Waals surface area (Å²) in [7, 11) is 1.61. The van der Waals surface area contributed by atoms with Crippen LogP contribution in [-0.4, -0.2) is 44.1 Å². The second-order valence-corrected chi connectivity index (χ2v) is 7.73. The Morgan fingerprint density at radius 1 is 0.862 bits per heavy atom. The number of anilines is 1. The van der Waals surface area contributed by atoms with E-state index in [1.54, 1.807) is 31.4 Å². The molecule has 1 saturated carbocycles. The Labute approximate surface area is 171 Å². The molecule has 2 aromatic rings. The Hall–Kier alpha value is -3.02. The van der Waals surface area contributed by atoms with Crippen LogP contribution >= 0.6 is 0 Å². The Bertz CT molecular complexity index is 869. The molecule has 1 saturated heterocycles. The Morgan fingerprint density at radius 3 is 2.14 bits per heavy atom. The minimum atomic E-state index is -0.0599. The van der Waals surface area contributed by atoms with Crippen LogP contribution in [0.15, 0.2) is 48.5 Å². The van der Waals surface area contributed by atoms with Gasteiger partial charge >= 0.3 is 0 Å². The molecule has 29 heavy (non-hydrogen) atoms. The summed E-state index contributed by atoms with van der Waals surface area (Å²) in [6.07, 6.45) is 3.85. The number of hydrogen-bond donors (Lipinski definition) is 2. The van der Waals surface area contributed by atoms with Crippen molar-refractivity contribution in [1.29, 1.82) is 0 Å². The van der Waals surface area contributed by atoms with E-state index in [0.717, 1.165) is 55.8 Å². The minimum absolute atomic E-state index is 0.0121. The van der Waals surface area contributed by atoms with Crippen molar-refractivity contribution in [3.05, 3.63) is 59.7 Å². The van der Waals surface area contributed by atoms with E-state index in [1.165, 1.54) is 0 Å². The molecule has 1 aliphatic heterocycles. The first-order valence-corrected chi connectivity index (χ1v) is 10.2. The summed E-state index contributed by atoms with van der Waals surface area (Å²) in [6.45, 7) is 1.61. The van der Waals surface area contributed by atoms with Gasteiger partial charge in [0.05, 0.1) is 12.7 Å². The first kappa shape index (κ1) is 19.3. The van der Waals surface area contributed by atoms with Gasteiger partial charge in [-0.15, -0.1) is 0 Å². The van der Waals surface area contributed by atoms with E-state index in [9.17, 15) is 9.59 Å². The van der Waals surface area contributed by atoms with Crippen LogP contribution in [0.1, 0.15) is 46.4 Å². The third-order valence-electron chi connectivity index (χ3n) is 5.58. The van der Waals surface area contributed by atoms with Crippen LogP contribution in [0.3, 0.4) is 0 Å². The van der Waals surface area contributed by atoms with E-state index in [2.05, 4.69) is 15.5 Å². The van der Waals surface area contributed by atoms with Crippen molar-refractivity contribution in [2.24, 2.45) is 0 Å². The number of amides is 2. The second kappa shape index (κ2) is 8.55. The smallest absolute Gasteiger partial charge is 0.253 e. The summed E-state index contributed by atoms with van der Waals surface area (Å²) >= 11 is 0. The fourth-order valence-corrected chi connectivity index (χ4v) is 3.71. The molecule has 1 heterocycles. The van der Waals surface area contributed by atoms with Gasteiger partial charge in [0.15, 0.2) is 0 Å². The lowest BCUT2D eigenvalue weighted by molar-refractivity contribution is 0.0929. The van der Waals surface area contributed by atoms with Gasteiger partial charge in [-0.05, 0) is 62.1 Å². The lowest BCUT2D eigenvalue weighted by Crippen LogP contribution is -2.45. The Kier molecular flexibility index (Phi) is 5.69. The van der Waals surface area contributed by atoms with E-state index >= 15 is 0 Å². The highest BCUT2D eigenvalue weighted by atomic mass is 16.5. The van der Waals surface area contributed by atoms with Crippen molar-refractivity contribution in [2.45, 2.75) is 37.8 Å². The van der Waals surface area contributed by atoms with E-state index in [-0.39, 0.29) is 17.9 Å². The highest BCUT2D eigenvalue weighted by Crippen LogP contribution is 2.26. The van der Waals surface area contributed by atoms with Gasteiger partial charge in [-0.25, -0.2) is 0 Å². The molecule has 0 spiro atoms. The third kappa shape index (κ3) is 4.70. The van der Waals surface area contributed by atoms with Crippen molar-refractivity contribution in [2.75, 3.05) is 25.1 Å². The monoisotopic (exact) mass is 393 g/mol. The zero-order valence-electron chi connectivity index (χ0n) is 16.7. The molecule has 2 fully saturated rings. The lowest BCUT2D eigenvalue weighted by atomic mass is 10.0. The predicted octanol–water partition coefficient (Wildman–Crippen LogP) is 2.99. The van der Waals surface area contributed by atoms with Crippen molar-refractivity contribution in [1.82, 2.24) is 10.6 Å². The van der Waals surface area contributed by atoms with Crippen LogP contribution in [0.4, 0.5) is 5.69 Å². The summed E-state index contributed by atoms with van der Waals surface area (Å²) in [5.74, 6) is 0.688. The van der Waals surface area contributed by atoms with Gasteiger partial charge in [-0.2, -0.15) is 0 Å². The van der Waals surface area contributed by atoms with Gasteiger partial charge in [0, 0.05) is 36.4 Å². The maximum absolute atomic E-state index is 12.6. The van der Waals surface area contributed by atoms with Crippen molar-refractivity contribution >= 4 is 17.5 Å². The van der Waals surface area contributed by atoms with Crippen LogP contribution in [0.25, 0.3) is 0 Å². The number of nitrogens with zero attached hydrogens (tertiary/aromatic N) is 1. The minimum Gasteiger partial charge on any atom is -0.497 e. The average Bonchev–Trinajstić information content (AvgIpc) is 3.58. The van der Waals surface area contributed by atoms with E-state index in [4.69, 9.17) is 4.74 Å². The van der Waals surface area contributed by atoms with Gasteiger partial charge < -0.3 is 20.3 Å². The standard InChI is InChI=1S/C23H27N3O3/c1-29-19-10-6-16(7-11-19)22(27)24-18-12-14-26(15-13-18)21-5-3-2-4-20(21)23(28)25-17-8-9-17/h2-7,10-11,17-18H,8-9,12-15H2,1H3,(H,24,27)(H,25,28). The molecule has 6 heteroatoms. The van der Waals surface area contributed by atoms with Crippen LogP contribution in [0.5, 0.6) is 5.75 Å². The number of carbonyl (C=O) groups excluding carboxylic acids is 2. The maximum Gasteiger partial charge on any atom is 0.253 e. The number of nitrogens with one attached hydrogen (secondary N) is 2. The highest BCUT2D eigenvalue weighted by molar-refractivity contribution is 6.00. The molecule has 0 bridgehead atoms. The molecule has 0 atom stereocenters. The van der Waals surface area contributed by atoms with Gasteiger partial charge in [0.2, 0.25) is 0 Å². The summed E-state index contributed by atoms with van der Waals surface area (Å²) < 4.78 is 5.14. The number of ether oxygens (including phenoxy) is 1. The topological polar surface area (TPSA) is 70.7 Å². The molecule has 1 aliphatic carbocycles. The fraction of sp³-hybridized carbons (Fsp3) is 0.391. The Balaban J connectivity index is 1.34. The molecule has 0 aromatic heterocycles. The number of rotatable bonds is 6. The lowest BCUT2D eigenvalue weighted by Gasteiger charge is -2.35. The van der Waals surface area contributed by atoms with E-state index in [1.807, 2.05) is 24.3 Å². The maximum atomic E-state index is 12.6. The molecule has 6 nitrogen and oxygen atoms in total. The third-order valence-corrected chi connectivity index (χ3v) is 5.58. The molecule has 2 amide bonds. The fourth-order valence-electron chi connectivity index (χ4n) is 3.71. The Morgan fingerprint density at radius 2 is 1.48 bits per heavy atom. The van der Waals surface area contributed by atoms with Crippen molar-refractivity contribution in [3.8, 4) is 5.75 Å². The molecule has 152 valence electrons. The predicted molar refractivity (Wildman–Crippen MR) is 113 cm³/mol. The molecule has 2 aliphatic rings. The number of para-hydroxylation sites is 1. The van der Waals surface area contributed by atoms with Crippen molar-refractivity contribution in [3.63, 3.8) is 0 Å². The van der Waals surface area contributed by atoms with Gasteiger partial charge in [0.25, 0.3) is 11.8 Å². The van der Waals surface area contributed by atoms with Gasteiger partial charge in [-0.3, -0.25) is 9.59 Å². The SMILES string of the molecule is COc1ccc(C(=O)NC2CCN(c3ccccc3C(=O)NC3CC3)CC2)cc1. The van der Waals surface area contributed by atoms with E-state index < -0.39 is 0 Å². The van der Waals surface area contributed by atoms with Gasteiger partial charge in [0.1, 0.15) is 5.75 Å². The average molecular weight is 393 g/mol.